The minimum absolute atomic E-state index is 0.233. The van der Waals surface area contributed by atoms with Crippen LogP contribution >= 0.6 is 0 Å². The summed E-state index contributed by atoms with van der Waals surface area (Å²) in [7, 11) is 0. The zero-order valence-electron chi connectivity index (χ0n) is 11.7. The first-order valence-electron chi connectivity index (χ1n) is 6.50. The molecule has 0 atom stereocenters. The highest BCUT2D eigenvalue weighted by Gasteiger charge is 2.16. The third kappa shape index (κ3) is 4.39. The van der Waals surface area contributed by atoms with E-state index in [1.807, 2.05) is 0 Å². The highest BCUT2D eigenvalue weighted by Crippen LogP contribution is 2.22. The van der Waals surface area contributed by atoms with Crippen molar-refractivity contribution in [3.63, 3.8) is 0 Å². The van der Waals surface area contributed by atoms with Crippen molar-refractivity contribution in [1.29, 1.82) is 0 Å². The first-order valence-corrected chi connectivity index (χ1v) is 6.50. The van der Waals surface area contributed by atoms with Crippen LogP contribution in [0.1, 0.15) is 32.8 Å². The maximum Gasteiger partial charge on any atom is 0.0368 e. The van der Waals surface area contributed by atoms with Gasteiger partial charge >= 0.3 is 0 Å². The van der Waals surface area contributed by atoms with E-state index < -0.39 is 0 Å². The smallest absolute Gasteiger partial charge is 0.0368 e. The Morgan fingerprint density at radius 1 is 1.29 bits per heavy atom. The summed E-state index contributed by atoms with van der Waals surface area (Å²) < 4.78 is 0. The van der Waals surface area contributed by atoms with Gasteiger partial charge in [-0.05, 0) is 49.9 Å². The number of aryl methyl sites for hydroxylation is 1. The Morgan fingerprint density at radius 3 is 2.53 bits per heavy atom. The van der Waals surface area contributed by atoms with Crippen molar-refractivity contribution in [3.8, 4) is 0 Å². The fraction of sp³-hybridized carbons (Fsp3) is 0.600. The van der Waals surface area contributed by atoms with E-state index in [9.17, 15) is 0 Å². The van der Waals surface area contributed by atoms with Gasteiger partial charge in [0.1, 0.15) is 0 Å². The third-order valence-electron chi connectivity index (χ3n) is 3.36. The number of anilines is 1. The summed E-state index contributed by atoms with van der Waals surface area (Å²) >= 11 is 0. The molecule has 0 aliphatic heterocycles. The van der Waals surface area contributed by atoms with Gasteiger partial charge in [-0.3, -0.25) is 0 Å². The van der Waals surface area contributed by atoms with Gasteiger partial charge in [-0.1, -0.05) is 26.0 Å². The third-order valence-corrected chi connectivity index (χ3v) is 3.36. The van der Waals surface area contributed by atoms with Crippen LogP contribution < -0.4 is 10.6 Å². The Balaban J connectivity index is 2.66. The van der Waals surface area contributed by atoms with E-state index in [4.69, 9.17) is 5.73 Å². The van der Waals surface area contributed by atoms with Crippen LogP contribution in [0.3, 0.4) is 0 Å². The van der Waals surface area contributed by atoms with Crippen LogP contribution in [0.25, 0.3) is 0 Å². The Morgan fingerprint density at radius 2 is 2.00 bits per heavy atom. The van der Waals surface area contributed by atoms with E-state index in [1.165, 1.54) is 11.3 Å². The molecule has 0 amide bonds. The predicted octanol–water partition coefficient (Wildman–Crippen LogP) is 3.20. The van der Waals surface area contributed by atoms with Crippen LogP contribution in [0.2, 0.25) is 0 Å². The van der Waals surface area contributed by atoms with Gasteiger partial charge < -0.3 is 10.6 Å². The molecule has 0 unspecified atom stereocenters. The molecule has 2 N–H and O–H groups in total. The van der Waals surface area contributed by atoms with Crippen molar-refractivity contribution in [2.45, 2.75) is 34.1 Å². The molecule has 0 aliphatic carbocycles. The lowest BCUT2D eigenvalue weighted by Gasteiger charge is -2.29. The van der Waals surface area contributed by atoms with Crippen molar-refractivity contribution in [2.24, 2.45) is 11.1 Å². The SMILES string of the molecule is CCN(CCC(C)(C)CN)c1cccc(C)c1. The van der Waals surface area contributed by atoms with Gasteiger partial charge in [0.15, 0.2) is 0 Å². The molecule has 1 aromatic rings. The van der Waals surface area contributed by atoms with Crippen LogP contribution in [0.5, 0.6) is 0 Å². The Bertz CT molecular complexity index is 345. The summed E-state index contributed by atoms with van der Waals surface area (Å²) in [5.41, 5.74) is 8.65. The summed E-state index contributed by atoms with van der Waals surface area (Å²) in [6, 6.07) is 8.70. The summed E-state index contributed by atoms with van der Waals surface area (Å²) in [5, 5.41) is 0. The monoisotopic (exact) mass is 234 g/mol. The summed E-state index contributed by atoms with van der Waals surface area (Å²) in [4.78, 5) is 2.42. The van der Waals surface area contributed by atoms with Gasteiger partial charge in [0.25, 0.3) is 0 Å². The minimum atomic E-state index is 0.233. The second-order valence-corrected chi connectivity index (χ2v) is 5.54. The summed E-state index contributed by atoms with van der Waals surface area (Å²) in [5.74, 6) is 0. The van der Waals surface area contributed by atoms with Gasteiger partial charge in [-0.25, -0.2) is 0 Å². The quantitative estimate of drug-likeness (QED) is 0.819. The van der Waals surface area contributed by atoms with Gasteiger partial charge in [0.2, 0.25) is 0 Å². The highest BCUT2D eigenvalue weighted by molar-refractivity contribution is 5.48. The van der Waals surface area contributed by atoms with Crippen molar-refractivity contribution >= 4 is 5.69 Å². The Kier molecular flexibility index (Phi) is 5.01. The van der Waals surface area contributed by atoms with Crippen molar-refractivity contribution in [1.82, 2.24) is 0 Å². The average Bonchev–Trinajstić information content (AvgIpc) is 2.30. The molecule has 0 bridgehead atoms. The average molecular weight is 234 g/mol. The van der Waals surface area contributed by atoms with E-state index in [-0.39, 0.29) is 5.41 Å². The molecule has 17 heavy (non-hydrogen) atoms. The number of benzene rings is 1. The number of nitrogens with two attached hydrogens (primary N) is 1. The van der Waals surface area contributed by atoms with E-state index in [0.717, 1.165) is 26.1 Å². The summed E-state index contributed by atoms with van der Waals surface area (Å²) in [6.45, 7) is 11.7. The van der Waals surface area contributed by atoms with Crippen molar-refractivity contribution in [3.05, 3.63) is 29.8 Å². The topological polar surface area (TPSA) is 29.3 Å². The van der Waals surface area contributed by atoms with Crippen LogP contribution in [-0.2, 0) is 0 Å². The predicted molar refractivity (Wildman–Crippen MR) is 76.5 cm³/mol. The maximum atomic E-state index is 5.78. The lowest BCUT2D eigenvalue weighted by molar-refractivity contribution is 0.349. The molecule has 0 fully saturated rings. The number of hydrogen-bond acceptors (Lipinski definition) is 2. The number of nitrogens with zero attached hydrogens (tertiary/aromatic N) is 1. The molecular formula is C15H26N2. The lowest BCUT2D eigenvalue weighted by Crippen LogP contribution is -2.31. The van der Waals surface area contributed by atoms with Gasteiger partial charge in [0, 0.05) is 18.8 Å². The minimum Gasteiger partial charge on any atom is -0.372 e. The van der Waals surface area contributed by atoms with E-state index >= 15 is 0 Å². The molecule has 0 saturated heterocycles. The standard InChI is InChI=1S/C15H26N2/c1-5-17(10-9-15(3,4)12-16)14-8-6-7-13(2)11-14/h6-8,11H,5,9-10,12,16H2,1-4H3. The number of hydrogen-bond donors (Lipinski definition) is 1. The van der Waals surface area contributed by atoms with Gasteiger partial charge in [0.05, 0.1) is 0 Å². The maximum absolute atomic E-state index is 5.78. The first-order chi connectivity index (χ1) is 7.98. The molecule has 0 aromatic heterocycles. The van der Waals surface area contributed by atoms with Gasteiger partial charge in [-0.15, -0.1) is 0 Å². The second-order valence-electron chi connectivity index (χ2n) is 5.54. The lowest BCUT2D eigenvalue weighted by atomic mass is 9.89. The molecule has 96 valence electrons. The molecule has 1 aromatic carbocycles. The molecule has 1 rings (SSSR count). The van der Waals surface area contributed by atoms with Crippen molar-refractivity contribution < 1.29 is 0 Å². The number of rotatable bonds is 6. The zero-order chi connectivity index (χ0) is 12.9. The molecular weight excluding hydrogens is 208 g/mol. The van der Waals surface area contributed by atoms with Gasteiger partial charge in [-0.2, -0.15) is 0 Å². The van der Waals surface area contributed by atoms with Crippen molar-refractivity contribution in [2.75, 3.05) is 24.5 Å². The summed E-state index contributed by atoms with van der Waals surface area (Å²) in [6.07, 6.45) is 1.13. The van der Waals surface area contributed by atoms with E-state index in [2.05, 4.69) is 56.9 Å². The van der Waals surface area contributed by atoms with Crippen LogP contribution in [0.15, 0.2) is 24.3 Å². The normalized spacial score (nSPS) is 11.6. The highest BCUT2D eigenvalue weighted by atomic mass is 15.1. The second kappa shape index (κ2) is 6.06. The zero-order valence-corrected chi connectivity index (χ0v) is 11.7. The van der Waals surface area contributed by atoms with E-state index in [1.54, 1.807) is 0 Å². The van der Waals surface area contributed by atoms with Crippen LogP contribution in [0.4, 0.5) is 5.69 Å². The Labute approximate surface area is 106 Å². The Hall–Kier alpha value is -1.02. The van der Waals surface area contributed by atoms with E-state index in [0.29, 0.717) is 0 Å². The van der Waals surface area contributed by atoms with Crippen LogP contribution in [0, 0.1) is 12.3 Å². The first kappa shape index (κ1) is 14.0. The molecule has 0 aliphatic rings. The fourth-order valence-corrected chi connectivity index (χ4v) is 1.83. The molecule has 0 spiro atoms. The molecule has 0 heterocycles. The fourth-order valence-electron chi connectivity index (χ4n) is 1.83. The molecule has 2 nitrogen and oxygen atoms in total. The largest absolute Gasteiger partial charge is 0.372 e. The molecule has 2 heteroatoms. The molecule has 0 radical (unpaired) electrons. The molecule has 0 saturated carbocycles. The van der Waals surface area contributed by atoms with Crippen LogP contribution in [-0.4, -0.2) is 19.6 Å².